The van der Waals surface area contributed by atoms with Crippen LogP contribution in [0.3, 0.4) is 0 Å². The SMILES string of the molecule is CC(C)N=c1ccccn1C(=O)Cn1cnc2ccccc2c1=O. The fourth-order valence-corrected chi connectivity index (χ4v) is 2.46. The van der Waals surface area contributed by atoms with E-state index >= 15 is 0 Å². The highest BCUT2D eigenvalue weighted by atomic mass is 16.2. The molecule has 0 unspecified atom stereocenters. The predicted molar refractivity (Wildman–Crippen MR) is 91.8 cm³/mol. The van der Waals surface area contributed by atoms with E-state index in [0.29, 0.717) is 16.4 Å². The van der Waals surface area contributed by atoms with Crippen LogP contribution in [0.5, 0.6) is 0 Å². The Balaban J connectivity index is 2.00. The monoisotopic (exact) mass is 322 g/mol. The van der Waals surface area contributed by atoms with Crippen molar-refractivity contribution in [1.82, 2.24) is 14.1 Å². The van der Waals surface area contributed by atoms with E-state index in [1.54, 1.807) is 36.5 Å². The van der Waals surface area contributed by atoms with Crippen LogP contribution in [0.1, 0.15) is 18.6 Å². The Morgan fingerprint density at radius 3 is 2.71 bits per heavy atom. The maximum Gasteiger partial charge on any atom is 0.261 e. The van der Waals surface area contributed by atoms with E-state index in [-0.39, 0.29) is 24.1 Å². The zero-order valence-electron chi connectivity index (χ0n) is 13.6. The van der Waals surface area contributed by atoms with E-state index < -0.39 is 0 Å². The van der Waals surface area contributed by atoms with Crippen molar-refractivity contribution in [3.63, 3.8) is 0 Å². The van der Waals surface area contributed by atoms with Gasteiger partial charge in [0.25, 0.3) is 11.5 Å². The normalized spacial score (nSPS) is 12.0. The van der Waals surface area contributed by atoms with Gasteiger partial charge in [-0.1, -0.05) is 18.2 Å². The van der Waals surface area contributed by atoms with Crippen LogP contribution < -0.4 is 11.0 Å². The lowest BCUT2D eigenvalue weighted by molar-refractivity contribution is 0.0884. The Labute approximate surface area is 138 Å². The molecule has 0 amide bonds. The Kier molecular flexibility index (Phi) is 4.37. The summed E-state index contributed by atoms with van der Waals surface area (Å²) in [5.74, 6) is -0.241. The van der Waals surface area contributed by atoms with Crippen LogP contribution in [-0.4, -0.2) is 26.1 Å². The second-order valence-electron chi connectivity index (χ2n) is 5.74. The molecule has 0 fully saturated rings. The van der Waals surface area contributed by atoms with Crippen LogP contribution in [0.15, 0.2) is 64.8 Å². The van der Waals surface area contributed by atoms with Gasteiger partial charge in [-0.25, -0.2) is 4.98 Å². The van der Waals surface area contributed by atoms with Crippen molar-refractivity contribution in [2.75, 3.05) is 0 Å². The van der Waals surface area contributed by atoms with Gasteiger partial charge in [0.2, 0.25) is 0 Å². The van der Waals surface area contributed by atoms with Gasteiger partial charge in [-0.3, -0.25) is 23.7 Å². The third-order valence-corrected chi connectivity index (χ3v) is 3.53. The molecular formula is C18H18N4O2. The van der Waals surface area contributed by atoms with E-state index in [9.17, 15) is 9.59 Å². The van der Waals surface area contributed by atoms with Crippen molar-refractivity contribution in [3.05, 3.63) is 70.8 Å². The molecule has 0 aliphatic heterocycles. The van der Waals surface area contributed by atoms with E-state index in [1.165, 1.54) is 15.5 Å². The average molecular weight is 322 g/mol. The lowest BCUT2D eigenvalue weighted by atomic mass is 10.2. The summed E-state index contributed by atoms with van der Waals surface area (Å²) in [4.78, 5) is 33.8. The van der Waals surface area contributed by atoms with Gasteiger partial charge >= 0.3 is 0 Å². The molecule has 6 heteroatoms. The number of fused-ring (bicyclic) bond motifs is 1. The number of benzene rings is 1. The fraction of sp³-hybridized carbons (Fsp3) is 0.222. The highest BCUT2D eigenvalue weighted by molar-refractivity contribution is 5.80. The van der Waals surface area contributed by atoms with Gasteiger partial charge in [0.05, 0.1) is 17.2 Å². The molecule has 6 nitrogen and oxygen atoms in total. The Bertz CT molecular complexity index is 1010. The molecule has 0 N–H and O–H groups in total. The zero-order valence-corrected chi connectivity index (χ0v) is 13.6. The molecule has 24 heavy (non-hydrogen) atoms. The van der Waals surface area contributed by atoms with Crippen LogP contribution in [0, 0.1) is 0 Å². The van der Waals surface area contributed by atoms with Crippen molar-refractivity contribution in [2.24, 2.45) is 4.99 Å². The number of pyridine rings is 1. The molecule has 0 radical (unpaired) electrons. The van der Waals surface area contributed by atoms with Gasteiger partial charge in [-0.15, -0.1) is 0 Å². The van der Waals surface area contributed by atoms with Crippen molar-refractivity contribution in [3.8, 4) is 0 Å². The molecule has 2 heterocycles. The standard InChI is InChI=1S/C18H18N4O2/c1-13(2)20-16-9-5-6-10-22(16)17(23)11-21-12-19-15-8-4-3-7-14(15)18(21)24/h3-10,12-13H,11H2,1-2H3. The summed E-state index contributed by atoms with van der Waals surface area (Å²) in [5.41, 5.74) is 0.959. The van der Waals surface area contributed by atoms with Gasteiger partial charge in [0.15, 0.2) is 0 Å². The molecule has 0 spiro atoms. The largest absolute Gasteiger partial charge is 0.289 e. The smallest absolute Gasteiger partial charge is 0.261 e. The predicted octanol–water partition coefficient (Wildman–Crippen LogP) is 1.85. The highest BCUT2D eigenvalue weighted by Crippen LogP contribution is 2.04. The Hall–Kier alpha value is -3.02. The number of hydrogen-bond acceptors (Lipinski definition) is 4. The first-order chi connectivity index (χ1) is 11.6. The van der Waals surface area contributed by atoms with Gasteiger partial charge in [-0.05, 0) is 38.1 Å². The van der Waals surface area contributed by atoms with Crippen molar-refractivity contribution in [2.45, 2.75) is 26.4 Å². The van der Waals surface area contributed by atoms with Gasteiger partial charge < -0.3 is 0 Å². The summed E-state index contributed by atoms with van der Waals surface area (Å²) in [5, 5.41) is 0.498. The van der Waals surface area contributed by atoms with Crippen LogP contribution in [0.4, 0.5) is 0 Å². The van der Waals surface area contributed by atoms with E-state index in [1.807, 2.05) is 26.0 Å². The Morgan fingerprint density at radius 2 is 1.92 bits per heavy atom. The molecule has 122 valence electrons. The van der Waals surface area contributed by atoms with Crippen LogP contribution >= 0.6 is 0 Å². The molecule has 0 atom stereocenters. The third-order valence-electron chi connectivity index (χ3n) is 3.53. The number of hydrogen-bond donors (Lipinski definition) is 0. The number of carbonyl (C=O) groups excluding carboxylic acids is 1. The molecule has 0 aliphatic carbocycles. The molecule has 1 aromatic carbocycles. The Morgan fingerprint density at radius 1 is 1.17 bits per heavy atom. The lowest BCUT2D eigenvalue weighted by Crippen LogP contribution is -2.33. The van der Waals surface area contributed by atoms with Crippen molar-refractivity contribution in [1.29, 1.82) is 0 Å². The summed E-state index contributed by atoms with van der Waals surface area (Å²) in [6, 6.07) is 12.5. The van der Waals surface area contributed by atoms with Crippen LogP contribution in [0.25, 0.3) is 10.9 Å². The van der Waals surface area contributed by atoms with E-state index in [4.69, 9.17) is 0 Å². The van der Waals surface area contributed by atoms with Gasteiger partial charge in [0, 0.05) is 12.2 Å². The fourth-order valence-electron chi connectivity index (χ4n) is 2.46. The molecule has 2 aromatic heterocycles. The molecule has 0 bridgehead atoms. The first-order valence-electron chi connectivity index (χ1n) is 7.75. The number of para-hydroxylation sites is 1. The summed E-state index contributed by atoms with van der Waals surface area (Å²) < 4.78 is 2.78. The second kappa shape index (κ2) is 6.62. The zero-order chi connectivity index (χ0) is 17.1. The number of carbonyl (C=O) groups is 1. The minimum atomic E-state index is -0.241. The summed E-state index contributed by atoms with van der Waals surface area (Å²) >= 11 is 0. The first-order valence-corrected chi connectivity index (χ1v) is 7.75. The molecule has 3 rings (SSSR count). The maximum atomic E-state index is 12.6. The van der Waals surface area contributed by atoms with E-state index in [0.717, 1.165) is 0 Å². The quantitative estimate of drug-likeness (QED) is 0.739. The molecule has 3 aromatic rings. The number of aromatic nitrogens is 3. The summed E-state index contributed by atoms with van der Waals surface area (Å²) in [6.07, 6.45) is 3.06. The third kappa shape index (κ3) is 3.17. The van der Waals surface area contributed by atoms with Crippen LogP contribution in [0.2, 0.25) is 0 Å². The summed E-state index contributed by atoms with van der Waals surface area (Å²) in [6.45, 7) is 3.80. The topological polar surface area (TPSA) is 69.2 Å². The first kappa shape index (κ1) is 15.9. The summed E-state index contributed by atoms with van der Waals surface area (Å²) in [7, 11) is 0. The molecular weight excluding hydrogens is 304 g/mol. The van der Waals surface area contributed by atoms with Crippen LogP contribution in [-0.2, 0) is 6.54 Å². The number of nitrogens with zero attached hydrogens (tertiary/aromatic N) is 4. The molecule has 0 saturated carbocycles. The van der Waals surface area contributed by atoms with Crippen molar-refractivity contribution >= 4 is 16.8 Å². The average Bonchev–Trinajstić information content (AvgIpc) is 2.57. The van der Waals surface area contributed by atoms with Gasteiger partial charge in [0.1, 0.15) is 12.0 Å². The maximum absolute atomic E-state index is 12.6. The minimum absolute atomic E-state index is 0.0662. The van der Waals surface area contributed by atoms with E-state index in [2.05, 4.69) is 9.98 Å². The second-order valence-corrected chi connectivity index (χ2v) is 5.74. The highest BCUT2D eigenvalue weighted by Gasteiger charge is 2.10. The lowest BCUT2D eigenvalue weighted by Gasteiger charge is -2.09. The number of rotatable bonds is 3. The molecule has 0 aliphatic rings. The van der Waals surface area contributed by atoms with Gasteiger partial charge in [-0.2, -0.15) is 0 Å². The van der Waals surface area contributed by atoms with Crippen molar-refractivity contribution < 1.29 is 4.79 Å². The minimum Gasteiger partial charge on any atom is -0.289 e. The molecule has 0 saturated heterocycles.